The predicted octanol–water partition coefficient (Wildman–Crippen LogP) is 5.13. The molecule has 0 aromatic carbocycles. The van der Waals surface area contributed by atoms with Crippen LogP contribution < -0.4 is 0 Å². The summed E-state index contributed by atoms with van der Waals surface area (Å²) in [4.78, 5) is 22.3. The fourth-order valence-electron chi connectivity index (χ4n) is 2.23. The first kappa shape index (κ1) is 22.4. The van der Waals surface area contributed by atoms with Crippen LogP contribution in [-0.4, -0.2) is 25.2 Å². The zero-order chi connectivity index (χ0) is 17.9. The molecule has 0 aliphatic carbocycles. The highest BCUT2D eigenvalue weighted by atomic mass is 16.5. The number of ether oxygens (including phenoxy) is 2. The molecular weight excluding hydrogens is 304 g/mol. The number of hydrogen-bond donors (Lipinski definition) is 0. The summed E-state index contributed by atoms with van der Waals surface area (Å²) in [6, 6.07) is 0. The molecule has 0 radical (unpaired) electrons. The molecular formula is C20H34O4. The second-order valence-corrected chi connectivity index (χ2v) is 5.78. The molecule has 0 heterocycles. The van der Waals surface area contributed by atoms with Crippen molar-refractivity contribution in [2.24, 2.45) is 0 Å². The molecule has 0 saturated heterocycles. The Bertz CT molecular complexity index is 372. The van der Waals surface area contributed by atoms with E-state index in [-0.39, 0.29) is 0 Å². The van der Waals surface area contributed by atoms with E-state index in [2.05, 4.69) is 17.7 Å². The van der Waals surface area contributed by atoms with Crippen molar-refractivity contribution < 1.29 is 19.1 Å². The summed E-state index contributed by atoms with van der Waals surface area (Å²) < 4.78 is 9.65. The minimum Gasteiger partial charge on any atom is -0.463 e. The Kier molecular flexibility index (Phi) is 16.6. The van der Waals surface area contributed by atoms with Crippen LogP contribution in [-0.2, 0) is 19.1 Å². The van der Waals surface area contributed by atoms with Gasteiger partial charge in [-0.25, -0.2) is 9.59 Å². The summed E-state index contributed by atoms with van der Waals surface area (Å²) in [7, 11) is 0. The Morgan fingerprint density at radius 3 is 1.88 bits per heavy atom. The molecule has 0 aliphatic rings. The summed E-state index contributed by atoms with van der Waals surface area (Å²) in [5.41, 5.74) is 0. The van der Waals surface area contributed by atoms with Crippen LogP contribution in [0.25, 0.3) is 0 Å². The number of rotatable bonds is 15. The second-order valence-electron chi connectivity index (χ2n) is 5.78. The second kappa shape index (κ2) is 17.8. The zero-order valence-corrected chi connectivity index (χ0v) is 15.4. The molecule has 0 rings (SSSR count). The highest BCUT2D eigenvalue weighted by molar-refractivity contribution is 5.91. The molecule has 24 heavy (non-hydrogen) atoms. The summed E-state index contributed by atoms with van der Waals surface area (Å²) in [5.74, 6) is -1.04. The predicted molar refractivity (Wildman–Crippen MR) is 97.7 cm³/mol. The Morgan fingerprint density at radius 2 is 1.25 bits per heavy atom. The van der Waals surface area contributed by atoms with Gasteiger partial charge in [0, 0.05) is 12.2 Å². The third-order valence-corrected chi connectivity index (χ3v) is 3.56. The summed E-state index contributed by atoms with van der Waals surface area (Å²) in [5, 5.41) is 0. The van der Waals surface area contributed by atoms with E-state index < -0.39 is 11.9 Å². The first-order chi connectivity index (χ1) is 11.7. The largest absolute Gasteiger partial charge is 0.463 e. The van der Waals surface area contributed by atoms with E-state index in [1.807, 2.05) is 6.08 Å². The zero-order valence-electron chi connectivity index (χ0n) is 15.4. The lowest BCUT2D eigenvalue weighted by Crippen LogP contribution is -2.04. The third-order valence-electron chi connectivity index (χ3n) is 3.56. The molecule has 0 fully saturated rings. The highest BCUT2D eigenvalue weighted by Crippen LogP contribution is 2.09. The monoisotopic (exact) mass is 338 g/mol. The van der Waals surface area contributed by atoms with Gasteiger partial charge in [-0.2, -0.15) is 0 Å². The average molecular weight is 338 g/mol. The van der Waals surface area contributed by atoms with Gasteiger partial charge < -0.3 is 9.47 Å². The quantitative estimate of drug-likeness (QED) is 0.180. The van der Waals surface area contributed by atoms with Crippen LogP contribution in [0.4, 0.5) is 0 Å². The summed E-state index contributed by atoms with van der Waals surface area (Å²) in [6.45, 7) is 4.58. The first-order valence-corrected chi connectivity index (χ1v) is 9.37. The molecule has 0 atom stereocenters. The SMILES string of the molecule is CCCCCCCCCC/C=C/CCOC(=O)/C=C/C(=O)OCC. The Hall–Kier alpha value is -1.58. The lowest BCUT2D eigenvalue weighted by molar-refractivity contribution is -0.140. The van der Waals surface area contributed by atoms with E-state index in [1.54, 1.807) is 6.92 Å². The maximum Gasteiger partial charge on any atom is 0.331 e. The Labute approximate surface area is 147 Å². The van der Waals surface area contributed by atoms with Gasteiger partial charge in [0.2, 0.25) is 0 Å². The number of carbonyl (C=O) groups excluding carboxylic acids is 2. The van der Waals surface area contributed by atoms with Gasteiger partial charge in [0.1, 0.15) is 0 Å². The summed E-state index contributed by atoms with van der Waals surface area (Å²) in [6.07, 6.45) is 18.8. The molecule has 0 spiro atoms. The average Bonchev–Trinajstić information content (AvgIpc) is 2.57. The smallest absolute Gasteiger partial charge is 0.331 e. The number of esters is 2. The molecule has 0 bridgehead atoms. The van der Waals surface area contributed by atoms with Crippen molar-refractivity contribution in [1.29, 1.82) is 0 Å². The standard InChI is InChI=1S/C20H34O4/c1-3-5-6-7-8-9-10-11-12-13-14-15-18-24-20(22)17-16-19(21)23-4-2/h13-14,16-17H,3-12,15,18H2,1-2H3/b14-13+,17-16+. The van der Waals surface area contributed by atoms with Crippen LogP contribution in [0.1, 0.15) is 78.1 Å². The molecule has 0 N–H and O–H groups in total. The van der Waals surface area contributed by atoms with Gasteiger partial charge in [-0.3, -0.25) is 0 Å². The van der Waals surface area contributed by atoms with E-state index in [9.17, 15) is 9.59 Å². The molecule has 0 amide bonds. The first-order valence-electron chi connectivity index (χ1n) is 9.37. The molecule has 4 heteroatoms. The van der Waals surface area contributed by atoms with Crippen molar-refractivity contribution in [3.63, 3.8) is 0 Å². The molecule has 0 aromatic heterocycles. The minimum atomic E-state index is -0.528. The van der Waals surface area contributed by atoms with Crippen LogP contribution in [0.15, 0.2) is 24.3 Å². The van der Waals surface area contributed by atoms with Crippen molar-refractivity contribution in [3.8, 4) is 0 Å². The molecule has 0 aliphatic heterocycles. The molecule has 138 valence electrons. The van der Waals surface area contributed by atoms with E-state index in [4.69, 9.17) is 4.74 Å². The fraction of sp³-hybridized carbons (Fsp3) is 0.700. The lowest BCUT2D eigenvalue weighted by Gasteiger charge is -2.00. The topological polar surface area (TPSA) is 52.6 Å². The van der Waals surface area contributed by atoms with Crippen LogP contribution in [0.3, 0.4) is 0 Å². The van der Waals surface area contributed by atoms with Crippen molar-refractivity contribution in [3.05, 3.63) is 24.3 Å². The van der Waals surface area contributed by atoms with Crippen LogP contribution in [0.2, 0.25) is 0 Å². The van der Waals surface area contributed by atoms with Gasteiger partial charge in [-0.15, -0.1) is 0 Å². The normalized spacial score (nSPS) is 11.2. The van der Waals surface area contributed by atoms with Crippen molar-refractivity contribution in [1.82, 2.24) is 0 Å². The number of allylic oxidation sites excluding steroid dienone is 1. The number of unbranched alkanes of at least 4 members (excludes halogenated alkanes) is 8. The highest BCUT2D eigenvalue weighted by Gasteiger charge is 1.99. The Morgan fingerprint density at radius 1 is 0.708 bits per heavy atom. The molecule has 0 aromatic rings. The van der Waals surface area contributed by atoms with Crippen LogP contribution >= 0.6 is 0 Å². The van der Waals surface area contributed by atoms with Gasteiger partial charge >= 0.3 is 11.9 Å². The van der Waals surface area contributed by atoms with Gasteiger partial charge in [0.05, 0.1) is 13.2 Å². The van der Waals surface area contributed by atoms with Crippen molar-refractivity contribution >= 4 is 11.9 Å². The molecule has 0 unspecified atom stereocenters. The number of hydrogen-bond acceptors (Lipinski definition) is 4. The van der Waals surface area contributed by atoms with E-state index in [0.29, 0.717) is 19.6 Å². The molecule has 4 nitrogen and oxygen atoms in total. The van der Waals surface area contributed by atoms with Crippen molar-refractivity contribution in [2.45, 2.75) is 78.1 Å². The minimum absolute atomic E-state index is 0.294. The summed E-state index contributed by atoms with van der Waals surface area (Å²) >= 11 is 0. The van der Waals surface area contributed by atoms with E-state index >= 15 is 0 Å². The van der Waals surface area contributed by atoms with Crippen LogP contribution in [0, 0.1) is 0 Å². The lowest BCUT2D eigenvalue weighted by atomic mass is 10.1. The molecule has 0 saturated carbocycles. The fourth-order valence-corrected chi connectivity index (χ4v) is 2.23. The van der Waals surface area contributed by atoms with E-state index in [1.165, 1.54) is 51.4 Å². The maximum atomic E-state index is 11.3. The Balaban J connectivity index is 3.40. The van der Waals surface area contributed by atoms with Gasteiger partial charge in [-0.1, -0.05) is 64.0 Å². The van der Waals surface area contributed by atoms with Crippen molar-refractivity contribution in [2.75, 3.05) is 13.2 Å². The van der Waals surface area contributed by atoms with E-state index in [0.717, 1.165) is 18.6 Å². The number of carbonyl (C=O) groups is 2. The van der Waals surface area contributed by atoms with Gasteiger partial charge in [0.15, 0.2) is 0 Å². The van der Waals surface area contributed by atoms with Gasteiger partial charge in [-0.05, 0) is 26.2 Å². The third kappa shape index (κ3) is 16.8. The van der Waals surface area contributed by atoms with Gasteiger partial charge in [0.25, 0.3) is 0 Å². The van der Waals surface area contributed by atoms with Crippen LogP contribution in [0.5, 0.6) is 0 Å². The maximum absolute atomic E-state index is 11.3.